The third-order valence-corrected chi connectivity index (χ3v) is 4.31. The maximum Gasteiger partial charge on any atom is 0.319 e. The zero-order chi connectivity index (χ0) is 20.4. The maximum atomic E-state index is 12.6. The lowest BCUT2D eigenvalue weighted by molar-refractivity contribution is -0.140. The number of carbonyl (C=O) groups is 3. The lowest BCUT2D eigenvalue weighted by atomic mass is 9.90. The quantitative estimate of drug-likeness (QED) is 0.527. The molecule has 9 nitrogen and oxygen atoms in total. The van der Waals surface area contributed by atoms with Crippen LogP contribution in [-0.4, -0.2) is 57.2 Å². The van der Waals surface area contributed by atoms with E-state index in [-0.39, 0.29) is 37.2 Å². The monoisotopic (exact) mass is 378 g/mol. The van der Waals surface area contributed by atoms with Gasteiger partial charge in [-0.25, -0.2) is 4.79 Å². The molecule has 1 saturated heterocycles. The van der Waals surface area contributed by atoms with Gasteiger partial charge in [-0.15, -0.1) is 0 Å². The van der Waals surface area contributed by atoms with Gasteiger partial charge in [0.15, 0.2) is 0 Å². The summed E-state index contributed by atoms with van der Waals surface area (Å²) in [6.45, 7) is 5.80. The number of hydrogen-bond donors (Lipinski definition) is 5. The maximum absolute atomic E-state index is 12.6. The number of aromatic hydroxyl groups is 1. The molecule has 0 radical (unpaired) electrons. The standard InChI is InChI=1S/C18H26N4O5/c1-17(2,3)21-16(26)20-11-4-5-12(13(23)10-11)14(24)22-8-6-18(27,7-9-22)15(19)25/h4-5,10,23,27H,6-9H2,1-3H3,(H2,19,25)(H2,20,21,26). The summed E-state index contributed by atoms with van der Waals surface area (Å²) in [5.74, 6) is -1.50. The minimum absolute atomic E-state index is 0.0431. The summed E-state index contributed by atoms with van der Waals surface area (Å²) in [6, 6.07) is 3.79. The Balaban J connectivity index is 2.04. The third-order valence-electron chi connectivity index (χ3n) is 4.31. The molecule has 1 fully saturated rings. The van der Waals surface area contributed by atoms with Gasteiger partial charge in [-0.2, -0.15) is 0 Å². The van der Waals surface area contributed by atoms with Gasteiger partial charge in [-0.1, -0.05) is 0 Å². The van der Waals surface area contributed by atoms with Crippen molar-refractivity contribution in [1.82, 2.24) is 10.2 Å². The molecule has 148 valence electrons. The van der Waals surface area contributed by atoms with Crippen molar-refractivity contribution in [1.29, 1.82) is 0 Å². The number of amides is 4. The number of rotatable bonds is 3. The summed E-state index contributed by atoms with van der Waals surface area (Å²) in [5, 5.41) is 25.6. The van der Waals surface area contributed by atoms with Crippen molar-refractivity contribution in [3.8, 4) is 5.75 Å². The van der Waals surface area contributed by atoms with E-state index in [4.69, 9.17) is 5.73 Å². The Morgan fingerprint density at radius 1 is 1.19 bits per heavy atom. The molecular weight excluding hydrogens is 352 g/mol. The van der Waals surface area contributed by atoms with Crippen LogP contribution in [0.4, 0.5) is 10.5 Å². The second-order valence-electron chi connectivity index (χ2n) is 7.75. The first-order valence-electron chi connectivity index (χ1n) is 8.65. The van der Waals surface area contributed by atoms with Crippen molar-refractivity contribution in [2.75, 3.05) is 18.4 Å². The van der Waals surface area contributed by atoms with E-state index in [1.165, 1.54) is 23.1 Å². The molecule has 2 rings (SSSR count). The van der Waals surface area contributed by atoms with Crippen LogP contribution in [0.5, 0.6) is 5.75 Å². The molecule has 0 atom stereocenters. The SMILES string of the molecule is CC(C)(C)NC(=O)Nc1ccc(C(=O)N2CCC(O)(C(N)=O)CC2)c(O)c1. The van der Waals surface area contributed by atoms with Crippen molar-refractivity contribution in [3.05, 3.63) is 23.8 Å². The van der Waals surface area contributed by atoms with Crippen molar-refractivity contribution >= 4 is 23.5 Å². The molecule has 0 spiro atoms. The Bertz CT molecular complexity index is 749. The first kappa shape index (κ1) is 20.5. The van der Waals surface area contributed by atoms with Crippen LogP contribution >= 0.6 is 0 Å². The Labute approximate surface area is 157 Å². The molecular formula is C18H26N4O5. The number of nitrogens with one attached hydrogen (secondary N) is 2. The van der Waals surface area contributed by atoms with Crippen molar-refractivity contribution in [2.45, 2.75) is 44.8 Å². The Morgan fingerprint density at radius 3 is 2.26 bits per heavy atom. The highest BCUT2D eigenvalue weighted by atomic mass is 16.3. The van der Waals surface area contributed by atoms with Gasteiger partial charge < -0.3 is 31.5 Å². The first-order valence-corrected chi connectivity index (χ1v) is 8.65. The second kappa shape index (κ2) is 7.43. The minimum Gasteiger partial charge on any atom is -0.507 e. The highest BCUT2D eigenvalue weighted by Crippen LogP contribution is 2.27. The number of aliphatic hydroxyl groups is 1. The first-order chi connectivity index (χ1) is 12.4. The van der Waals surface area contributed by atoms with Gasteiger partial charge in [0.2, 0.25) is 5.91 Å². The Morgan fingerprint density at radius 2 is 1.78 bits per heavy atom. The van der Waals surface area contributed by atoms with Crippen LogP contribution in [0.3, 0.4) is 0 Å². The number of phenols is 1. The van der Waals surface area contributed by atoms with Crippen molar-refractivity contribution in [3.63, 3.8) is 0 Å². The average molecular weight is 378 g/mol. The molecule has 0 unspecified atom stereocenters. The van der Waals surface area contributed by atoms with Crippen molar-refractivity contribution < 1.29 is 24.6 Å². The summed E-state index contributed by atoms with van der Waals surface area (Å²) in [7, 11) is 0. The Hall–Kier alpha value is -2.81. The summed E-state index contributed by atoms with van der Waals surface area (Å²) in [4.78, 5) is 37.2. The number of primary amides is 1. The number of urea groups is 1. The number of carbonyl (C=O) groups excluding carboxylic acids is 3. The van der Waals surface area contributed by atoms with E-state index in [1.54, 1.807) is 0 Å². The number of benzene rings is 1. The fourth-order valence-electron chi connectivity index (χ4n) is 2.79. The number of hydrogen-bond acceptors (Lipinski definition) is 5. The van der Waals surface area contributed by atoms with E-state index >= 15 is 0 Å². The van der Waals surface area contributed by atoms with Gasteiger partial charge in [0, 0.05) is 43.2 Å². The van der Waals surface area contributed by atoms with Crippen LogP contribution in [0.15, 0.2) is 18.2 Å². The topological polar surface area (TPSA) is 145 Å². The van der Waals surface area contributed by atoms with Gasteiger partial charge in [0.05, 0.1) is 5.56 Å². The van der Waals surface area contributed by atoms with E-state index in [0.717, 1.165) is 0 Å². The fraction of sp³-hybridized carbons (Fsp3) is 0.500. The van der Waals surface area contributed by atoms with E-state index in [2.05, 4.69) is 10.6 Å². The molecule has 4 amide bonds. The highest BCUT2D eigenvalue weighted by Gasteiger charge is 2.39. The molecule has 27 heavy (non-hydrogen) atoms. The van der Waals surface area contributed by atoms with Crippen LogP contribution in [0, 0.1) is 0 Å². The molecule has 0 bridgehead atoms. The lowest BCUT2D eigenvalue weighted by Crippen LogP contribution is -2.53. The molecule has 1 aliphatic rings. The highest BCUT2D eigenvalue weighted by molar-refractivity contribution is 5.98. The second-order valence-corrected chi connectivity index (χ2v) is 7.75. The summed E-state index contributed by atoms with van der Waals surface area (Å²) >= 11 is 0. The van der Waals surface area contributed by atoms with Gasteiger partial charge >= 0.3 is 6.03 Å². The molecule has 0 saturated carbocycles. The van der Waals surface area contributed by atoms with Crippen LogP contribution < -0.4 is 16.4 Å². The minimum atomic E-state index is -1.60. The van der Waals surface area contributed by atoms with Crippen LogP contribution in [0.2, 0.25) is 0 Å². The largest absolute Gasteiger partial charge is 0.507 e. The molecule has 1 aromatic carbocycles. The van der Waals surface area contributed by atoms with Crippen LogP contribution in [0.25, 0.3) is 0 Å². The summed E-state index contributed by atoms with van der Waals surface area (Å²) < 4.78 is 0. The van der Waals surface area contributed by atoms with Gasteiger partial charge in [-0.3, -0.25) is 9.59 Å². The van der Waals surface area contributed by atoms with E-state index < -0.39 is 29.0 Å². The van der Waals surface area contributed by atoms with E-state index in [9.17, 15) is 24.6 Å². The number of anilines is 1. The number of phenolic OH excluding ortho intramolecular Hbond substituents is 1. The molecule has 1 heterocycles. The zero-order valence-electron chi connectivity index (χ0n) is 15.7. The summed E-state index contributed by atoms with van der Waals surface area (Å²) in [5.41, 5.74) is 3.57. The number of likely N-dealkylation sites (tertiary alicyclic amines) is 1. The number of nitrogens with zero attached hydrogens (tertiary/aromatic N) is 1. The number of piperidine rings is 1. The summed E-state index contributed by atoms with van der Waals surface area (Å²) in [6.07, 6.45) is 0.0862. The fourth-order valence-corrected chi connectivity index (χ4v) is 2.79. The lowest BCUT2D eigenvalue weighted by Gasteiger charge is -2.36. The normalized spacial score (nSPS) is 16.5. The van der Waals surface area contributed by atoms with E-state index in [0.29, 0.717) is 5.69 Å². The molecule has 9 heteroatoms. The molecule has 0 aromatic heterocycles. The van der Waals surface area contributed by atoms with Gasteiger partial charge in [0.1, 0.15) is 11.4 Å². The Kier molecular flexibility index (Phi) is 5.65. The van der Waals surface area contributed by atoms with Crippen LogP contribution in [0.1, 0.15) is 44.0 Å². The molecule has 1 aliphatic heterocycles. The average Bonchev–Trinajstić information content (AvgIpc) is 2.53. The smallest absolute Gasteiger partial charge is 0.319 e. The molecule has 1 aromatic rings. The van der Waals surface area contributed by atoms with Crippen LogP contribution in [-0.2, 0) is 4.79 Å². The zero-order valence-corrected chi connectivity index (χ0v) is 15.7. The third kappa shape index (κ3) is 5.10. The predicted octanol–water partition coefficient (Wildman–Crippen LogP) is 0.765. The molecule has 0 aliphatic carbocycles. The van der Waals surface area contributed by atoms with Gasteiger partial charge in [-0.05, 0) is 32.9 Å². The predicted molar refractivity (Wildman–Crippen MR) is 99.3 cm³/mol. The van der Waals surface area contributed by atoms with Gasteiger partial charge in [0.25, 0.3) is 5.91 Å². The van der Waals surface area contributed by atoms with E-state index in [1.807, 2.05) is 20.8 Å². The molecule has 6 N–H and O–H groups in total. The van der Waals surface area contributed by atoms with Crippen molar-refractivity contribution in [2.24, 2.45) is 5.73 Å². The number of nitrogens with two attached hydrogens (primary N) is 1.